The number of amides is 3. The van der Waals surface area contributed by atoms with Crippen LogP contribution in [-0.2, 0) is 14.3 Å². The molecule has 1 aliphatic heterocycles. The zero-order valence-corrected chi connectivity index (χ0v) is 12.4. The summed E-state index contributed by atoms with van der Waals surface area (Å²) in [5.74, 6) is -0.820. The zero-order chi connectivity index (χ0) is 15.5. The van der Waals surface area contributed by atoms with Crippen molar-refractivity contribution in [1.82, 2.24) is 10.2 Å². The maximum absolute atomic E-state index is 12.2. The molecule has 1 atom stereocenters. The molecule has 1 aliphatic carbocycles. The van der Waals surface area contributed by atoms with Crippen molar-refractivity contribution in [2.45, 2.75) is 57.1 Å². The number of nitrogens with two attached hydrogens (primary N) is 1. The Hall–Kier alpha value is -1.79. The second-order valence-electron chi connectivity index (χ2n) is 5.95. The van der Waals surface area contributed by atoms with Crippen LogP contribution in [0.5, 0.6) is 0 Å². The zero-order valence-electron chi connectivity index (χ0n) is 12.4. The fourth-order valence-electron chi connectivity index (χ4n) is 3.06. The van der Waals surface area contributed by atoms with Crippen LogP contribution in [0.25, 0.3) is 0 Å². The molecule has 2 rings (SSSR count). The number of hydrogen-bond donors (Lipinski definition) is 2. The number of carbonyl (C=O) groups excluding carboxylic acids is 3. The van der Waals surface area contributed by atoms with E-state index in [1.54, 1.807) is 6.92 Å². The summed E-state index contributed by atoms with van der Waals surface area (Å²) in [6.07, 6.45) is 4.58. The monoisotopic (exact) mass is 297 g/mol. The Morgan fingerprint density at radius 2 is 1.95 bits per heavy atom. The normalized spacial score (nSPS) is 25.9. The van der Waals surface area contributed by atoms with Gasteiger partial charge in [-0.25, -0.2) is 4.79 Å². The second kappa shape index (κ2) is 6.32. The van der Waals surface area contributed by atoms with E-state index in [0.29, 0.717) is 13.0 Å². The molecular weight excluding hydrogens is 274 g/mol. The standard InChI is InChI=1S/C14H23N3O4/c1-14(12(15)19)7-4-8-17(14)11(18)9-16-13(20)21-10-5-2-3-6-10/h10H,2-9H2,1H3,(H2,15,19)(H,16,20)/t14-/m0/s1. The summed E-state index contributed by atoms with van der Waals surface area (Å²) in [5.41, 5.74) is 4.43. The molecule has 3 amide bonds. The lowest BCUT2D eigenvalue weighted by Gasteiger charge is -2.32. The molecule has 0 aromatic heterocycles. The lowest BCUT2D eigenvalue weighted by atomic mass is 9.98. The number of hydrogen-bond acceptors (Lipinski definition) is 4. The number of alkyl carbamates (subject to hydrolysis) is 1. The Bertz CT molecular complexity index is 434. The molecule has 2 aliphatic rings. The third-order valence-electron chi connectivity index (χ3n) is 4.43. The molecule has 1 saturated carbocycles. The van der Waals surface area contributed by atoms with Gasteiger partial charge in [-0.2, -0.15) is 0 Å². The van der Waals surface area contributed by atoms with Gasteiger partial charge in [0.2, 0.25) is 11.8 Å². The molecule has 7 heteroatoms. The van der Waals surface area contributed by atoms with Crippen LogP contribution in [0.2, 0.25) is 0 Å². The molecule has 1 heterocycles. The van der Waals surface area contributed by atoms with Crippen LogP contribution < -0.4 is 11.1 Å². The van der Waals surface area contributed by atoms with Gasteiger partial charge < -0.3 is 20.7 Å². The van der Waals surface area contributed by atoms with Crippen molar-refractivity contribution in [2.75, 3.05) is 13.1 Å². The maximum Gasteiger partial charge on any atom is 0.407 e. The highest BCUT2D eigenvalue weighted by molar-refractivity contribution is 5.92. The number of ether oxygens (including phenoxy) is 1. The van der Waals surface area contributed by atoms with Crippen LogP contribution in [0.15, 0.2) is 0 Å². The summed E-state index contributed by atoms with van der Waals surface area (Å²) in [4.78, 5) is 36.7. The molecule has 3 N–H and O–H groups in total. The molecular formula is C14H23N3O4. The van der Waals surface area contributed by atoms with E-state index in [1.165, 1.54) is 4.90 Å². The summed E-state index contributed by atoms with van der Waals surface area (Å²) in [6.45, 7) is 1.98. The molecule has 2 fully saturated rings. The number of nitrogens with one attached hydrogen (secondary N) is 1. The van der Waals surface area contributed by atoms with Crippen LogP contribution in [0, 0.1) is 0 Å². The molecule has 21 heavy (non-hydrogen) atoms. The van der Waals surface area contributed by atoms with E-state index in [2.05, 4.69) is 5.32 Å². The first-order chi connectivity index (χ1) is 9.93. The lowest BCUT2D eigenvalue weighted by molar-refractivity contribution is -0.141. The number of nitrogens with zero attached hydrogens (tertiary/aromatic N) is 1. The molecule has 0 radical (unpaired) electrons. The Labute approximate surface area is 124 Å². The van der Waals surface area contributed by atoms with Crippen molar-refractivity contribution in [3.05, 3.63) is 0 Å². The molecule has 1 saturated heterocycles. The van der Waals surface area contributed by atoms with Gasteiger partial charge in [-0.3, -0.25) is 9.59 Å². The number of likely N-dealkylation sites (tertiary alicyclic amines) is 1. The minimum atomic E-state index is -0.950. The van der Waals surface area contributed by atoms with Crippen LogP contribution in [0.4, 0.5) is 4.79 Å². The van der Waals surface area contributed by atoms with Gasteiger partial charge in [0.05, 0.1) is 0 Å². The Morgan fingerprint density at radius 3 is 2.57 bits per heavy atom. The molecule has 118 valence electrons. The van der Waals surface area contributed by atoms with Gasteiger partial charge in [-0.1, -0.05) is 0 Å². The first-order valence-electron chi connectivity index (χ1n) is 7.48. The SMILES string of the molecule is C[C@@]1(C(N)=O)CCCN1C(=O)CNC(=O)OC1CCCC1. The van der Waals surface area contributed by atoms with Gasteiger partial charge in [0.1, 0.15) is 18.2 Å². The Morgan fingerprint density at radius 1 is 1.29 bits per heavy atom. The van der Waals surface area contributed by atoms with Gasteiger partial charge >= 0.3 is 6.09 Å². The van der Waals surface area contributed by atoms with Crippen LogP contribution >= 0.6 is 0 Å². The summed E-state index contributed by atoms with van der Waals surface area (Å²) in [6, 6.07) is 0. The fraction of sp³-hybridized carbons (Fsp3) is 0.786. The predicted octanol–water partition coefficient (Wildman–Crippen LogP) is 0.522. The summed E-state index contributed by atoms with van der Waals surface area (Å²) in [5, 5.41) is 2.46. The van der Waals surface area contributed by atoms with Crippen LogP contribution in [0.1, 0.15) is 45.4 Å². The smallest absolute Gasteiger partial charge is 0.407 e. The van der Waals surface area contributed by atoms with Gasteiger partial charge in [0, 0.05) is 6.54 Å². The average Bonchev–Trinajstić information content (AvgIpc) is 3.06. The number of carbonyl (C=O) groups is 3. The van der Waals surface area contributed by atoms with E-state index in [-0.39, 0.29) is 18.6 Å². The molecule has 0 aromatic carbocycles. The maximum atomic E-state index is 12.2. The Kier molecular flexibility index (Phi) is 4.69. The van der Waals surface area contributed by atoms with Crippen molar-refractivity contribution in [3.8, 4) is 0 Å². The highest BCUT2D eigenvalue weighted by Crippen LogP contribution is 2.28. The predicted molar refractivity (Wildman–Crippen MR) is 75.3 cm³/mol. The van der Waals surface area contributed by atoms with E-state index in [9.17, 15) is 14.4 Å². The first-order valence-corrected chi connectivity index (χ1v) is 7.48. The van der Waals surface area contributed by atoms with Gasteiger partial charge in [-0.15, -0.1) is 0 Å². The second-order valence-corrected chi connectivity index (χ2v) is 5.95. The van der Waals surface area contributed by atoms with E-state index >= 15 is 0 Å². The largest absolute Gasteiger partial charge is 0.446 e. The minimum absolute atomic E-state index is 0.0391. The van der Waals surface area contributed by atoms with E-state index in [1.807, 2.05) is 0 Å². The summed E-state index contributed by atoms with van der Waals surface area (Å²) in [7, 11) is 0. The van der Waals surface area contributed by atoms with Crippen molar-refractivity contribution in [3.63, 3.8) is 0 Å². The van der Waals surface area contributed by atoms with Gasteiger partial charge in [-0.05, 0) is 45.4 Å². The number of rotatable bonds is 4. The molecule has 0 spiro atoms. The van der Waals surface area contributed by atoms with Crippen LogP contribution in [-0.4, -0.2) is 47.5 Å². The average molecular weight is 297 g/mol. The summed E-state index contributed by atoms with van der Waals surface area (Å²) >= 11 is 0. The van der Waals surface area contributed by atoms with Crippen molar-refractivity contribution >= 4 is 17.9 Å². The topological polar surface area (TPSA) is 102 Å². The lowest BCUT2D eigenvalue weighted by Crippen LogP contribution is -2.55. The van der Waals surface area contributed by atoms with E-state index < -0.39 is 17.5 Å². The quantitative estimate of drug-likeness (QED) is 0.789. The van der Waals surface area contributed by atoms with Gasteiger partial charge in [0.15, 0.2) is 0 Å². The molecule has 0 unspecified atom stereocenters. The highest BCUT2D eigenvalue weighted by atomic mass is 16.6. The molecule has 0 aromatic rings. The van der Waals surface area contributed by atoms with Crippen molar-refractivity contribution in [2.24, 2.45) is 5.73 Å². The van der Waals surface area contributed by atoms with E-state index in [0.717, 1.165) is 32.1 Å². The number of primary amides is 1. The van der Waals surface area contributed by atoms with Gasteiger partial charge in [0.25, 0.3) is 0 Å². The first kappa shape index (κ1) is 15.6. The third kappa shape index (κ3) is 3.46. The highest BCUT2D eigenvalue weighted by Gasteiger charge is 2.44. The Balaban J connectivity index is 1.81. The van der Waals surface area contributed by atoms with Crippen molar-refractivity contribution < 1.29 is 19.1 Å². The summed E-state index contributed by atoms with van der Waals surface area (Å²) < 4.78 is 5.21. The fourth-order valence-corrected chi connectivity index (χ4v) is 3.06. The third-order valence-corrected chi connectivity index (χ3v) is 4.43. The van der Waals surface area contributed by atoms with E-state index in [4.69, 9.17) is 10.5 Å². The van der Waals surface area contributed by atoms with Crippen LogP contribution in [0.3, 0.4) is 0 Å². The minimum Gasteiger partial charge on any atom is -0.446 e. The molecule has 0 bridgehead atoms. The van der Waals surface area contributed by atoms with Crippen molar-refractivity contribution in [1.29, 1.82) is 0 Å². The molecule has 7 nitrogen and oxygen atoms in total.